The van der Waals surface area contributed by atoms with Gasteiger partial charge in [-0.05, 0) is 57.3 Å². The van der Waals surface area contributed by atoms with E-state index in [0.29, 0.717) is 17.9 Å². The summed E-state index contributed by atoms with van der Waals surface area (Å²) in [6, 6.07) is 13.8. The maximum atomic E-state index is 11.8. The summed E-state index contributed by atoms with van der Waals surface area (Å²) in [4.78, 5) is 11.8. The van der Waals surface area contributed by atoms with Crippen molar-refractivity contribution in [1.82, 2.24) is 0 Å². The second-order valence-corrected chi connectivity index (χ2v) is 7.61. The lowest BCUT2D eigenvalue weighted by atomic mass is 9.87. The van der Waals surface area contributed by atoms with Gasteiger partial charge in [-0.3, -0.25) is 0 Å². The zero-order chi connectivity index (χ0) is 17.0. The molecule has 0 aliphatic heterocycles. The Morgan fingerprint density at radius 1 is 1.09 bits per heavy atom. The molecule has 0 fully saturated rings. The van der Waals surface area contributed by atoms with Crippen molar-refractivity contribution in [3.05, 3.63) is 62.7 Å². The minimum absolute atomic E-state index is 0.132. The fourth-order valence-corrected chi connectivity index (χ4v) is 2.65. The molecule has 0 N–H and O–H groups in total. The summed E-state index contributed by atoms with van der Waals surface area (Å²) in [6.45, 7) is 6.97. The van der Waals surface area contributed by atoms with E-state index in [1.807, 2.05) is 6.07 Å². The molecule has 0 spiro atoms. The second-order valence-electron chi connectivity index (χ2n) is 6.37. The van der Waals surface area contributed by atoms with Gasteiger partial charge in [0.2, 0.25) is 0 Å². The van der Waals surface area contributed by atoms with E-state index in [4.69, 9.17) is 9.47 Å². The third-order valence-corrected chi connectivity index (χ3v) is 4.23. The van der Waals surface area contributed by atoms with Gasteiger partial charge in [0.1, 0.15) is 17.9 Å². The molecule has 0 saturated heterocycles. The number of hydrogen-bond donors (Lipinski definition) is 0. The van der Waals surface area contributed by atoms with Crippen LogP contribution in [0.1, 0.15) is 42.3 Å². The lowest BCUT2D eigenvalue weighted by Gasteiger charge is -2.19. The minimum atomic E-state index is -0.387. The van der Waals surface area contributed by atoms with Crippen LogP contribution >= 0.6 is 22.6 Å². The maximum Gasteiger partial charge on any atom is 0.341 e. The number of rotatable bonds is 4. The first-order chi connectivity index (χ1) is 10.8. The predicted octanol–water partition coefficient (Wildman–Crippen LogP) is 4.95. The molecule has 0 radical (unpaired) electrons. The minimum Gasteiger partial charge on any atom is -0.488 e. The van der Waals surface area contributed by atoms with Crippen LogP contribution < -0.4 is 4.74 Å². The summed E-state index contributed by atoms with van der Waals surface area (Å²) in [5, 5.41) is 0. The molecular formula is C19H21IO3. The number of esters is 1. The Kier molecular flexibility index (Phi) is 5.68. The Morgan fingerprint density at radius 3 is 2.30 bits per heavy atom. The molecule has 2 rings (SSSR count). The zero-order valence-corrected chi connectivity index (χ0v) is 16.0. The van der Waals surface area contributed by atoms with E-state index < -0.39 is 0 Å². The maximum absolute atomic E-state index is 11.8. The predicted molar refractivity (Wildman–Crippen MR) is 100.0 cm³/mol. The van der Waals surface area contributed by atoms with Crippen LogP contribution in [0.4, 0.5) is 0 Å². The van der Waals surface area contributed by atoms with Gasteiger partial charge in [0.25, 0.3) is 0 Å². The molecule has 0 atom stereocenters. The molecule has 0 saturated carbocycles. The smallest absolute Gasteiger partial charge is 0.341 e. The van der Waals surface area contributed by atoms with Gasteiger partial charge in [0.15, 0.2) is 0 Å². The Morgan fingerprint density at radius 2 is 1.74 bits per heavy atom. The Balaban J connectivity index is 2.13. The number of halogens is 1. The Hall–Kier alpha value is -1.56. The molecule has 3 nitrogen and oxygen atoms in total. The number of hydrogen-bond acceptors (Lipinski definition) is 3. The summed E-state index contributed by atoms with van der Waals surface area (Å²) in [5.74, 6) is 0.152. The standard InChI is InChI=1S/C19H21IO3/c1-19(2,3)14-7-5-13(6-8-14)12-23-17-10-9-15(20)11-16(17)18(21)22-4/h5-11H,12H2,1-4H3. The van der Waals surface area contributed by atoms with Crippen LogP contribution in [0.15, 0.2) is 42.5 Å². The molecule has 0 aromatic heterocycles. The molecule has 2 aromatic carbocycles. The fourth-order valence-electron chi connectivity index (χ4n) is 2.16. The first-order valence-electron chi connectivity index (χ1n) is 7.41. The van der Waals surface area contributed by atoms with Gasteiger partial charge >= 0.3 is 5.97 Å². The summed E-state index contributed by atoms with van der Waals surface area (Å²) in [6.07, 6.45) is 0. The Bertz CT molecular complexity index is 685. The highest BCUT2D eigenvalue weighted by molar-refractivity contribution is 14.1. The summed E-state index contributed by atoms with van der Waals surface area (Å²) in [7, 11) is 1.37. The molecule has 122 valence electrons. The van der Waals surface area contributed by atoms with Gasteiger partial charge in [0.05, 0.1) is 7.11 Å². The number of benzene rings is 2. The number of methoxy groups -OCH3 is 1. The highest BCUT2D eigenvalue weighted by Gasteiger charge is 2.15. The lowest BCUT2D eigenvalue weighted by Crippen LogP contribution is -2.11. The van der Waals surface area contributed by atoms with Crippen LogP contribution in [0.25, 0.3) is 0 Å². The van der Waals surface area contributed by atoms with Crippen LogP contribution in [0.3, 0.4) is 0 Å². The van der Waals surface area contributed by atoms with Crippen molar-refractivity contribution in [1.29, 1.82) is 0 Å². The summed E-state index contributed by atoms with van der Waals surface area (Å²) in [5.41, 5.74) is 2.93. The molecule has 0 unspecified atom stereocenters. The van der Waals surface area contributed by atoms with Crippen LogP contribution in [-0.4, -0.2) is 13.1 Å². The van der Waals surface area contributed by atoms with E-state index in [1.54, 1.807) is 12.1 Å². The Labute approximate surface area is 151 Å². The number of carbonyl (C=O) groups excluding carboxylic acids is 1. The summed E-state index contributed by atoms with van der Waals surface area (Å²) >= 11 is 2.16. The molecule has 0 amide bonds. The molecule has 0 aliphatic carbocycles. The molecule has 4 heteroatoms. The van der Waals surface area contributed by atoms with Gasteiger partial charge in [-0.1, -0.05) is 45.0 Å². The number of carbonyl (C=O) groups is 1. The lowest BCUT2D eigenvalue weighted by molar-refractivity contribution is 0.0595. The van der Waals surface area contributed by atoms with E-state index >= 15 is 0 Å². The SMILES string of the molecule is COC(=O)c1cc(I)ccc1OCc1ccc(C(C)(C)C)cc1. The van der Waals surface area contributed by atoms with Crippen molar-refractivity contribution >= 4 is 28.6 Å². The molecule has 23 heavy (non-hydrogen) atoms. The topological polar surface area (TPSA) is 35.5 Å². The van der Waals surface area contributed by atoms with Gasteiger partial charge in [-0.2, -0.15) is 0 Å². The highest BCUT2D eigenvalue weighted by atomic mass is 127. The van der Waals surface area contributed by atoms with Crippen LogP contribution in [0, 0.1) is 3.57 Å². The van der Waals surface area contributed by atoms with Crippen LogP contribution in [0.5, 0.6) is 5.75 Å². The molecule has 0 bridgehead atoms. The molecule has 0 aliphatic rings. The van der Waals surface area contributed by atoms with Crippen molar-refractivity contribution in [2.75, 3.05) is 7.11 Å². The largest absolute Gasteiger partial charge is 0.488 e. The second kappa shape index (κ2) is 7.34. The molecule has 2 aromatic rings. The average molecular weight is 424 g/mol. The normalized spacial score (nSPS) is 11.2. The number of ether oxygens (including phenoxy) is 2. The van der Waals surface area contributed by atoms with Crippen molar-refractivity contribution < 1.29 is 14.3 Å². The van der Waals surface area contributed by atoms with E-state index in [9.17, 15) is 4.79 Å². The van der Waals surface area contributed by atoms with E-state index in [1.165, 1.54) is 12.7 Å². The van der Waals surface area contributed by atoms with E-state index in [-0.39, 0.29) is 11.4 Å². The van der Waals surface area contributed by atoms with Crippen molar-refractivity contribution in [3.8, 4) is 5.75 Å². The summed E-state index contributed by atoms with van der Waals surface area (Å²) < 4.78 is 11.6. The zero-order valence-electron chi connectivity index (χ0n) is 13.9. The van der Waals surface area contributed by atoms with E-state index in [0.717, 1.165) is 9.13 Å². The fraction of sp³-hybridized carbons (Fsp3) is 0.316. The average Bonchev–Trinajstić information content (AvgIpc) is 2.52. The van der Waals surface area contributed by atoms with Crippen molar-refractivity contribution in [3.63, 3.8) is 0 Å². The van der Waals surface area contributed by atoms with E-state index in [2.05, 4.69) is 67.6 Å². The van der Waals surface area contributed by atoms with Gasteiger partial charge in [-0.25, -0.2) is 4.79 Å². The first kappa shape index (κ1) is 17.8. The third kappa shape index (κ3) is 4.70. The van der Waals surface area contributed by atoms with Gasteiger partial charge in [0, 0.05) is 3.57 Å². The van der Waals surface area contributed by atoms with Crippen molar-refractivity contribution in [2.24, 2.45) is 0 Å². The van der Waals surface area contributed by atoms with Gasteiger partial charge in [-0.15, -0.1) is 0 Å². The van der Waals surface area contributed by atoms with Crippen LogP contribution in [-0.2, 0) is 16.8 Å². The quantitative estimate of drug-likeness (QED) is 0.515. The monoisotopic (exact) mass is 424 g/mol. The molecular weight excluding hydrogens is 403 g/mol. The highest BCUT2D eigenvalue weighted by Crippen LogP contribution is 2.25. The third-order valence-electron chi connectivity index (χ3n) is 3.56. The first-order valence-corrected chi connectivity index (χ1v) is 8.49. The van der Waals surface area contributed by atoms with Gasteiger partial charge < -0.3 is 9.47 Å². The molecule has 0 heterocycles. The van der Waals surface area contributed by atoms with Crippen LogP contribution in [0.2, 0.25) is 0 Å². The van der Waals surface area contributed by atoms with Crippen molar-refractivity contribution in [2.45, 2.75) is 32.8 Å².